The monoisotopic (exact) mass is 247 g/mol. The van der Waals surface area contributed by atoms with Gasteiger partial charge in [-0.2, -0.15) is 0 Å². The van der Waals surface area contributed by atoms with Gasteiger partial charge in [-0.25, -0.2) is 0 Å². The minimum Gasteiger partial charge on any atom is -0.394 e. The number of aliphatic hydroxyl groups excluding tert-OH is 1. The van der Waals surface area contributed by atoms with Gasteiger partial charge in [-0.15, -0.1) is 0 Å². The van der Waals surface area contributed by atoms with Crippen LogP contribution in [0.4, 0.5) is 0 Å². The molecule has 0 amide bonds. The van der Waals surface area contributed by atoms with Crippen LogP contribution in [-0.4, -0.2) is 30.4 Å². The molecule has 98 valence electrons. The number of fused-ring (bicyclic) bond motifs is 1. The van der Waals surface area contributed by atoms with Crippen LogP contribution >= 0.6 is 0 Å². The van der Waals surface area contributed by atoms with Gasteiger partial charge in [0.15, 0.2) is 0 Å². The van der Waals surface area contributed by atoms with Crippen molar-refractivity contribution < 1.29 is 9.84 Å². The highest BCUT2D eigenvalue weighted by atomic mass is 16.5. The summed E-state index contributed by atoms with van der Waals surface area (Å²) in [6.07, 6.45) is 4.53. The van der Waals surface area contributed by atoms with Crippen LogP contribution in [-0.2, 0) is 11.2 Å². The van der Waals surface area contributed by atoms with Gasteiger partial charge in [0.25, 0.3) is 0 Å². The maximum atomic E-state index is 9.46. The van der Waals surface area contributed by atoms with Gasteiger partial charge in [-0.05, 0) is 36.8 Å². The molecule has 2 aliphatic rings. The van der Waals surface area contributed by atoms with E-state index in [0.29, 0.717) is 0 Å². The van der Waals surface area contributed by atoms with E-state index in [1.165, 1.54) is 17.5 Å². The first kappa shape index (κ1) is 12.2. The molecular weight excluding hydrogens is 226 g/mol. The fourth-order valence-electron chi connectivity index (χ4n) is 2.95. The Labute approximate surface area is 108 Å². The fourth-order valence-corrected chi connectivity index (χ4v) is 2.95. The lowest BCUT2D eigenvalue weighted by Crippen LogP contribution is -2.55. The first-order chi connectivity index (χ1) is 8.83. The molecule has 0 saturated heterocycles. The van der Waals surface area contributed by atoms with E-state index in [1.807, 2.05) is 0 Å². The lowest BCUT2D eigenvalue weighted by molar-refractivity contribution is 0.0193. The maximum Gasteiger partial charge on any atom is 0.0952 e. The van der Waals surface area contributed by atoms with Gasteiger partial charge in [-0.3, -0.25) is 0 Å². The summed E-state index contributed by atoms with van der Waals surface area (Å²) in [5, 5.41) is 13.0. The summed E-state index contributed by atoms with van der Waals surface area (Å²) in [4.78, 5) is 0. The molecule has 3 rings (SSSR count). The largest absolute Gasteiger partial charge is 0.394 e. The van der Waals surface area contributed by atoms with Crippen LogP contribution in [0, 0.1) is 0 Å². The molecule has 1 heterocycles. The van der Waals surface area contributed by atoms with Crippen molar-refractivity contribution in [2.24, 2.45) is 0 Å². The van der Waals surface area contributed by atoms with Gasteiger partial charge in [-0.1, -0.05) is 24.3 Å². The van der Waals surface area contributed by atoms with Gasteiger partial charge in [0.05, 0.1) is 19.3 Å². The molecule has 1 saturated carbocycles. The zero-order valence-electron chi connectivity index (χ0n) is 10.7. The summed E-state index contributed by atoms with van der Waals surface area (Å²) in [7, 11) is 0. The zero-order valence-corrected chi connectivity index (χ0v) is 10.7. The van der Waals surface area contributed by atoms with Crippen molar-refractivity contribution in [2.75, 3.05) is 19.8 Å². The molecule has 0 spiro atoms. The Kier molecular flexibility index (Phi) is 3.37. The van der Waals surface area contributed by atoms with E-state index >= 15 is 0 Å². The van der Waals surface area contributed by atoms with Crippen molar-refractivity contribution in [1.82, 2.24) is 5.32 Å². The van der Waals surface area contributed by atoms with Crippen LogP contribution in [0.15, 0.2) is 24.3 Å². The van der Waals surface area contributed by atoms with Crippen molar-refractivity contribution in [3.63, 3.8) is 0 Å². The Morgan fingerprint density at radius 3 is 2.89 bits per heavy atom. The van der Waals surface area contributed by atoms with Crippen molar-refractivity contribution >= 4 is 0 Å². The highest BCUT2D eigenvalue weighted by Gasteiger charge is 2.36. The second-order valence-corrected chi connectivity index (χ2v) is 5.48. The predicted octanol–water partition coefficient (Wildman–Crippen LogP) is 1.80. The average Bonchev–Trinajstić information content (AvgIpc) is 2.38. The molecule has 0 radical (unpaired) electrons. The van der Waals surface area contributed by atoms with Gasteiger partial charge in [0.2, 0.25) is 0 Å². The number of benzene rings is 1. The third-order valence-electron chi connectivity index (χ3n) is 4.37. The predicted molar refractivity (Wildman–Crippen MR) is 70.5 cm³/mol. The Morgan fingerprint density at radius 2 is 2.17 bits per heavy atom. The lowest BCUT2D eigenvalue weighted by Gasteiger charge is -2.42. The molecule has 18 heavy (non-hydrogen) atoms. The van der Waals surface area contributed by atoms with E-state index in [2.05, 4.69) is 29.6 Å². The average molecular weight is 247 g/mol. The Morgan fingerprint density at radius 1 is 1.33 bits per heavy atom. The van der Waals surface area contributed by atoms with Gasteiger partial charge >= 0.3 is 0 Å². The fraction of sp³-hybridized carbons (Fsp3) is 0.600. The quantitative estimate of drug-likeness (QED) is 0.852. The van der Waals surface area contributed by atoms with Crippen LogP contribution in [0.1, 0.15) is 36.5 Å². The molecule has 3 nitrogen and oxygen atoms in total. The first-order valence-corrected chi connectivity index (χ1v) is 6.88. The normalized spacial score (nSPS) is 25.3. The van der Waals surface area contributed by atoms with Crippen molar-refractivity contribution in [3.05, 3.63) is 35.4 Å². The third kappa shape index (κ3) is 2.18. The topological polar surface area (TPSA) is 41.5 Å². The molecule has 1 fully saturated rings. The molecule has 0 aromatic heterocycles. The molecular formula is C15H21NO2. The number of hydrogen-bond donors (Lipinski definition) is 2. The molecule has 3 heteroatoms. The lowest BCUT2D eigenvalue weighted by atomic mass is 9.77. The minimum absolute atomic E-state index is 0.0320. The van der Waals surface area contributed by atoms with Gasteiger partial charge < -0.3 is 15.2 Å². The standard InChI is InChI=1S/C15H21NO2/c17-11-15(7-3-8-15)16-10-14-13-5-2-1-4-12(13)6-9-18-14/h1-2,4-5,14,16-17H,3,6-11H2. The second-order valence-electron chi connectivity index (χ2n) is 5.48. The smallest absolute Gasteiger partial charge is 0.0952 e. The molecule has 1 aromatic rings. The van der Waals surface area contributed by atoms with Crippen molar-refractivity contribution in [2.45, 2.75) is 37.3 Å². The van der Waals surface area contributed by atoms with Crippen LogP contribution in [0.3, 0.4) is 0 Å². The highest BCUT2D eigenvalue weighted by Crippen LogP contribution is 2.33. The zero-order chi connectivity index (χ0) is 12.4. The van der Waals surface area contributed by atoms with Crippen LogP contribution in [0.25, 0.3) is 0 Å². The van der Waals surface area contributed by atoms with Gasteiger partial charge in [0, 0.05) is 12.1 Å². The van der Waals surface area contributed by atoms with Crippen LogP contribution in [0.5, 0.6) is 0 Å². The van der Waals surface area contributed by atoms with E-state index in [1.54, 1.807) is 0 Å². The summed E-state index contributed by atoms with van der Waals surface area (Å²) in [5.74, 6) is 0. The summed E-state index contributed by atoms with van der Waals surface area (Å²) in [5.41, 5.74) is 2.68. The number of aliphatic hydroxyl groups is 1. The SMILES string of the molecule is OCC1(NCC2OCCc3ccccc32)CCC1. The molecule has 1 aliphatic heterocycles. The van der Waals surface area contributed by atoms with E-state index in [4.69, 9.17) is 4.74 Å². The molecule has 1 aromatic carbocycles. The molecule has 1 aliphatic carbocycles. The van der Waals surface area contributed by atoms with E-state index in [9.17, 15) is 5.11 Å². The third-order valence-corrected chi connectivity index (χ3v) is 4.37. The summed E-state index contributed by atoms with van der Waals surface area (Å²) >= 11 is 0. The van der Waals surface area contributed by atoms with Crippen LogP contribution < -0.4 is 5.32 Å². The van der Waals surface area contributed by atoms with Crippen LogP contribution in [0.2, 0.25) is 0 Å². The molecule has 1 unspecified atom stereocenters. The Bertz CT molecular complexity index is 409. The first-order valence-electron chi connectivity index (χ1n) is 6.88. The number of hydrogen-bond acceptors (Lipinski definition) is 3. The van der Waals surface area contributed by atoms with Gasteiger partial charge in [0.1, 0.15) is 0 Å². The molecule has 1 atom stereocenters. The van der Waals surface area contributed by atoms with E-state index in [-0.39, 0.29) is 18.2 Å². The Hall–Kier alpha value is -0.900. The summed E-state index contributed by atoms with van der Waals surface area (Å²) < 4.78 is 5.87. The summed E-state index contributed by atoms with van der Waals surface area (Å²) in [6.45, 7) is 1.84. The maximum absolute atomic E-state index is 9.46. The number of ether oxygens (including phenoxy) is 1. The Balaban J connectivity index is 1.67. The number of nitrogens with one attached hydrogen (secondary N) is 1. The minimum atomic E-state index is -0.0320. The van der Waals surface area contributed by atoms with E-state index in [0.717, 1.165) is 32.4 Å². The second kappa shape index (κ2) is 5.00. The van der Waals surface area contributed by atoms with E-state index < -0.39 is 0 Å². The summed E-state index contributed by atoms with van der Waals surface area (Å²) in [6, 6.07) is 8.52. The van der Waals surface area contributed by atoms with Crippen molar-refractivity contribution in [3.8, 4) is 0 Å². The highest BCUT2D eigenvalue weighted by molar-refractivity contribution is 5.31. The molecule has 2 N–H and O–H groups in total. The number of rotatable bonds is 4. The van der Waals surface area contributed by atoms with Crippen molar-refractivity contribution in [1.29, 1.82) is 0 Å². The molecule has 0 bridgehead atoms.